The van der Waals surface area contributed by atoms with Gasteiger partial charge >= 0.3 is 0 Å². The number of nitrogens with zero attached hydrogens (tertiary/aromatic N) is 5. The minimum absolute atomic E-state index is 0.318. The number of halogens is 1. The van der Waals surface area contributed by atoms with Crippen molar-refractivity contribution in [3.05, 3.63) is 42.2 Å². The molecular formula is C10H6FN5O. The number of hydrogen-bond donors (Lipinski definition) is 0. The summed E-state index contributed by atoms with van der Waals surface area (Å²) in [6.07, 6.45) is 0. The van der Waals surface area contributed by atoms with Gasteiger partial charge in [0.25, 0.3) is 0 Å². The Hall–Kier alpha value is -2.57. The molecule has 0 unspecified atom stereocenters. The second-order valence-corrected chi connectivity index (χ2v) is 3.25. The van der Waals surface area contributed by atoms with Crippen LogP contribution in [0.3, 0.4) is 0 Å². The molecule has 0 aliphatic carbocycles. The Labute approximate surface area is 94.6 Å². The van der Waals surface area contributed by atoms with Crippen molar-refractivity contribution in [2.45, 2.75) is 0 Å². The maximum atomic E-state index is 12.7. The van der Waals surface area contributed by atoms with Crippen LogP contribution in [0.15, 0.2) is 36.4 Å². The molecule has 0 saturated carbocycles. The SMILES string of the molecule is Fc1ccc(Oc2ccc3nnnn3n2)cc1. The van der Waals surface area contributed by atoms with Gasteiger partial charge in [0, 0.05) is 6.07 Å². The maximum Gasteiger partial charge on any atom is 0.239 e. The summed E-state index contributed by atoms with van der Waals surface area (Å²) in [7, 11) is 0. The van der Waals surface area contributed by atoms with Gasteiger partial charge < -0.3 is 4.74 Å². The van der Waals surface area contributed by atoms with E-state index in [-0.39, 0.29) is 5.82 Å². The van der Waals surface area contributed by atoms with E-state index in [0.29, 0.717) is 17.3 Å². The first kappa shape index (κ1) is 9.64. The fourth-order valence-corrected chi connectivity index (χ4v) is 1.31. The summed E-state index contributed by atoms with van der Waals surface area (Å²) in [5, 5.41) is 14.8. The summed E-state index contributed by atoms with van der Waals surface area (Å²) in [6.45, 7) is 0. The Morgan fingerprint density at radius 3 is 2.71 bits per heavy atom. The Balaban J connectivity index is 1.91. The van der Waals surface area contributed by atoms with Gasteiger partial charge in [-0.25, -0.2) is 4.39 Å². The quantitative estimate of drug-likeness (QED) is 0.667. The van der Waals surface area contributed by atoms with E-state index in [1.54, 1.807) is 12.1 Å². The van der Waals surface area contributed by atoms with Crippen LogP contribution in [0.25, 0.3) is 5.65 Å². The molecule has 0 aliphatic heterocycles. The zero-order valence-corrected chi connectivity index (χ0v) is 8.49. The highest BCUT2D eigenvalue weighted by Crippen LogP contribution is 2.18. The highest BCUT2D eigenvalue weighted by molar-refractivity contribution is 5.35. The fraction of sp³-hybridized carbons (Fsp3) is 0. The van der Waals surface area contributed by atoms with Crippen molar-refractivity contribution >= 4 is 5.65 Å². The number of hydrogen-bond acceptors (Lipinski definition) is 5. The summed E-state index contributed by atoms with van der Waals surface area (Å²) in [4.78, 5) is 0. The Morgan fingerprint density at radius 2 is 1.88 bits per heavy atom. The first-order valence-corrected chi connectivity index (χ1v) is 4.80. The molecule has 0 amide bonds. The standard InChI is InChI=1S/C10H6FN5O/c11-7-1-3-8(4-2-7)17-10-6-5-9-12-14-15-16(9)13-10/h1-6H. The molecule has 6 nitrogen and oxygen atoms in total. The Kier molecular flexibility index (Phi) is 2.14. The summed E-state index contributed by atoms with van der Waals surface area (Å²) < 4.78 is 19.4. The zero-order valence-electron chi connectivity index (χ0n) is 8.49. The molecule has 0 bridgehead atoms. The van der Waals surface area contributed by atoms with Crippen molar-refractivity contribution in [1.82, 2.24) is 25.3 Å². The van der Waals surface area contributed by atoms with E-state index in [1.807, 2.05) is 0 Å². The van der Waals surface area contributed by atoms with Crippen molar-refractivity contribution in [3.8, 4) is 11.6 Å². The van der Waals surface area contributed by atoms with Crippen LogP contribution in [0, 0.1) is 5.82 Å². The second-order valence-electron chi connectivity index (χ2n) is 3.25. The van der Waals surface area contributed by atoms with Gasteiger partial charge in [0.05, 0.1) is 0 Å². The van der Waals surface area contributed by atoms with Crippen LogP contribution in [0.5, 0.6) is 11.6 Å². The predicted octanol–water partition coefficient (Wildman–Crippen LogP) is 1.45. The number of fused-ring (bicyclic) bond motifs is 1. The smallest absolute Gasteiger partial charge is 0.239 e. The van der Waals surface area contributed by atoms with Crippen molar-refractivity contribution in [1.29, 1.82) is 0 Å². The normalized spacial score (nSPS) is 10.6. The molecule has 84 valence electrons. The van der Waals surface area contributed by atoms with E-state index in [1.165, 1.54) is 28.9 Å². The van der Waals surface area contributed by atoms with Crippen LogP contribution in [-0.2, 0) is 0 Å². The fourth-order valence-electron chi connectivity index (χ4n) is 1.31. The lowest BCUT2D eigenvalue weighted by atomic mass is 10.3. The molecule has 0 radical (unpaired) electrons. The van der Waals surface area contributed by atoms with Crippen molar-refractivity contribution in [3.63, 3.8) is 0 Å². The first-order chi connectivity index (χ1) is 8.31. The number of ether oxygens (including phenoxy) is 1. The molecule has 3 rings (SSSR count). The molecule has 3 aromatic rings. The molecule has 17 heavy (non-hydrogen) atoms. The van der Waals surface area contributed by atoms with Crippen LogP contribution in [-0.4, -0.2) is 25.3 Å². The molecule has 0 atom stereocenters. The molecule has 0 N–H and O–H groups in total. The minimum atomic E-state index is -0.318. The highest BCUT2D eigenvalue weighted by Gasteiger charge is 2.02. The molecule has 0 saturated heterocycles. The lowest BCUT2D eigenvalue weighted by Gasteiger charge is -2.03. The van der Waals surface area contributed by atoms with E-state index in [9.17, 15) is 4.39 Å². The van der Waals surface area contributed by atoms with Gasteiger partial charge in [0.15, 0.2) is 5.65 Å². The molecular weight excluding hydrogens is 225 g/mol. The highest BCUT2D eigenvalue weighted by atomic mass is 19.1. The lowest BCUT2D eigenvalue weighted by Crippen LogP contribution is -1.97. The third kappa shape index (κ3) is 1.89. The van der Waals surface area contributed by atoms with Gasteiger partial charge in [-0.3, -0.25) is 0 Å². The molecule has 1 aromatic carbocycles. The van der Waals surface area contributed by atoms with E-state index < -0.39 is 0 Å². The van der Waals surface area contributed by atoms with Crippen LogP contribution in [0.2, 0.25) is 0 Å². The Bertz CT molecular complexity index is 651. The Morgan fingerprint density at radius 1 is 1.06 bits per heavy atom. The molecule has 2 aromatic heterocycles. The predicted molar refractivity (Wildman–Crippen MR) is 55.1 cm³/mol. The van der Waals surface area contributed by atoms with Crippen molar-refractivity contribution < 1.29 is 9.13 Å². The largest absolute Gasteiger partial charge is 0.438 e. The average Bonchev–Trinajstić information content (AvgIpc) is 2.79. The summed E-state index contributed by atoms with van der Waals surface area (Å²) in [6, 6.07) is 8.96. The number of aromatic nitrogens is 5. The summed E-state index contributed by atoms with van der Waals surface area (Å²) in [5.74, 6) is 0.504. The first-order valence-electron chi connectivity index (χ1n) is 4.80. The van der Waals surface area contributed by atoms with Crippen molar-refractivity contribution in [2.24, 2.45) is 0 Å². The molecule has 0 aliphatic rings. The van der Waals surface area contributed by atoms with Gasteiger partial charge in [0.1, 0.15) is 11.6 Å². The number of benzene rings is 1. The zero-order chi connectivity index (χ0) is 11.7. The van der Waals surface area contributed by atoms with E-state index in [4.69, 9.17) is 4.74 Å². The molecule has 0 spiro atoms. The molecule has 0 fully saturated rings. The molecule has 7 heteroatoms. The molecule has 2 heterocycles. The van der Waals surface area contributed by atoms with Crippen LogP contribution in [0.1, 0.15) is 0 Å². The maximum absolute atomic E-state index is 12.7. The average molecular weight is 231 g/mol. The lowest BCUT2D eigenvalue weighted by molar-refractivity contribution is 0.445. The van der Waals surface area contributed by atoms with Crippen LogP contribution < -0.4 is 4.74 Å². The van der Waals surface area contributed by atoms with E-state index >= 15 is 0 Å². The minimum Gasteiger partial charge on any atom is -0.438 e. The number of tetrazole rings is 1. The third-order valence-corrected chi connectivity index (χ3v) is 2.08. The second kappa shape index (κ2) is 3.78. The van der Waals surface area contributed by atoms with Crippen molar-refractivity contribution in [2.75, 3.05) is 0 Å². The van der Waals surface area contributed by atoms with E-state index in [2.05, 4.69) is 20.6 Å². The van der Waals surface area contributed by atoms with Crippen LogP contribution in [0.4, 0.5) is 4.39 Å². The van der Waals surface area contributed by atoms with Gasteiger partial charge in [-0.05, 0) is 40.8 Å². The van der Waals surface area contributed by atoms with E-state index in [0.717, 1.165) is 0 Å². The van der Waals surface area contributed by atoms with Gasteiger partial charge in [-0.2, -0.15) is 0 Å². The number of rotatable bonds is 2. The van der Waals surface area contributed by atoms with Gasteiger partial charge in [-0.15, -0.1) is 14.8 Å². The van der Waals surface area contributed by atoms with Gasteiger partial charge in [-0.1, -0.05) is 0 Å². The summed E-state index contributed by atoms with van der Waals surface area (Å²) >= 11 is 0. The summed E-state index contributed by atoms with van der Waals surface area (Å²) in [5.41, 5.74) is 0.524. The van der Waals surface area contributed by atoms with Crippen LogP contribution >= 0.6 is 0 Å². The monoisotopic (exact) mass is 231 g/mol. The third-order valence-electron chi connectivity index (χ3n) is 2.08. The van der Waals surface area contributed by atoms with Gasteiger partial charge in [0.2, 0.25) is 5.88 Å². The topological polar surface area (TPSA) is 65.2 Å².